The highest BCUT2D eigenvalue weighted by atomic mass is 32.2. The first-order valence-corrected chi connectivity index (χ1v) is 8.16. The third-order valence-electron chi connectivity index (χ3n) is 3.12. The maximum absolute atomic E-state index is 12.4. The lowest BCUT2D eigenvalue weighted by molar-refractivity contribution is -0.141. The number of nitrogens with zero attached hydrogens (tertiary/aromatic N) is 3. The van der Waals surface area contributed by atoms with Gasteiger partial charge in [0.2, 0.25) is 10.0 Å². The maximum atomic E-state index is 12.4. The summed E-state index contributed by atoms with van der Waals surface area (Å²) in [5.41, 5.74) is 0.316. The van der Waals surface area contributed by atoms with Crippen LogP contribution in [0.5, 0.6) is 0 Å². The van der Waals surface area contributed by atoms with E-state index in [0.29, 0.717) is 24.2 Å². The Bertz CT molecular complexity index is 783. The SMILES string of the molecule is CCc1nn(C)cc1CNS(=O)(=O)c1ccc(C(F)(F)F)nc1. The van der Waals surface area contributed by atoms with Crippen molar-refractivity contribution in [2.24, 2.45) is 7.05 Å². The highest BCUT2D eigenvalue weighted by Gasteiger charge is 2.32. The highest BCUT2D eigenvalue weighted by molar-refractivity contribution is 7.89. The lowest BCUT2D eigenvalue weighted by Crippen LogP contribution is -2.24. The Morgan fingerprint density at radius 1 is 1.30 bits per heavy atom. The molecule has 2 heterocycles. The van der Waals surface area contributed by atoms with Crippen LogP contribution in [-0.4, -0.2) is 23.2 Å². The molecule has 0 bridgehead atoms. The van der Waals surface area contributed by atoms with Gasteiger partial charge in [-0.3, -0.25) is 9.67 Å². The molecule has 0 aromatic carbocycles. The minimum Gasteiger partial charge on any atom is -0.275 e. The summed E-state index contributed by atoms with van der Waals surface area (Å²) in [6.45, 7) is 1.89. The van der Waals surface area contributed by atoms with E-state index in [9.17, 15) is 21.6 Å². The van der Waals surface area contributed by atoms with Crippen LogP contribution in [0.15, 0.2) is 29.4 Å². The molecule has 2 aromatic rings. The first kappa shape index (κ1) is 17.4. The van der Waals surface area contributed by atoms with Gasteiger partial charge in [-0.25, -0.2) is 13.1 Å². The second kappa shape index (κ2) is 6.28. The van der Waals surface area contributed by atoms with Gasteiger partial charge in [0.15, 0.2) is 0 Å². The molecule has 2 rings (SSSR count). The fourth-order valence-corrected chi connectivity index (χ4v) is 2.94. The zero-order valence-corrected chi connectivity index (χ0v) is 13.2. The van der Waals surface area contributed by atoms with Gasteiger partial charge >= 0.3 is 6.18 Å². The van der Waals surface area contributed by atoms with Gasteiger partial charge in [0.1, 0.15) is 10.6 Å². The van der Waals surface area contributed by atoms with Crippen molar-refractivity contribution >= 4 is 10.0 Å². The molecule has 0 atom stereocenters. The molecule has 10 heteroatoms. The van der Waals surface area contributed by atoms with E-state index in [-0.39, 0.29) is 11.4 Å². The van der Waals surface area contributed by atoms with Crippen molar-refractivity contribution in [2.45, 2.75) is 31.0 Å². The minimum atomic E-state index is -4.61. The molecule has 1 N–H and O–H groups in total. The number of pyridine rings is 1. The molecule has 0 spiro atoms. The number of sulfonamides is 1. The highest BCUT2D eigenvalue weighted by Crippen LogP contribution is 2.27. The molecule has 0 saturated heterocycles. The van der Waals surface area contributed by atoms with Gasteiger partial charge in [-0.2, -0.15) is 18.3 Å². The van der Waals surface area contributed by atoms with Crippen LogP contribution in [0.25, 0.3) is 0 Å². The van der Waals surface area contributed by atoms with Crippen LogP contribution in [-0.2, 0) is 36.2 Å². The average Bonchev–Trinajstić information content (AvgIpc) is 2.85. The lowest BCUT2D eigenvalue weighted by atomic mass is 10.2. The molecule has 0 aliphatic heterocycles. The van der Waals surface area contributed by atoms with Gasteiger partial charge in [-0.15, -0.1) is 0 Å². The topological polar surface area (TPSA) is 76.9 Å². The van der Waals surface area contributed by atoms with Crippen LogP contribution in [0.4, 0.5) is 13.2 Å². The molecular weight excluding hydrogens is 333 g/mol. The Kier molecular flexibility index (Phi) is 4.76. The average molecular weight is 348 g/mol. The summed E-state index contributed by atoms with van der Waals surface area (Å²) >= 11 is 0. The molecule has 0 amide bonds. The summed E-state index contributed by atoms with van der Waals surface area (Å²) in [4.78, 5) is 2.82. The number of aryl methyl sites for hydroxylation is 2. The van der Waals surface area contributed by atoms with Gasteiger partial charge in [0, 0.05) is 31.5 Å². The van der Waals surface area contributed by atoms with Gasteiger partial charge in [-0.05, 0) is 18.6 Å². The molecule has 0 aliphatic rings. The third kappa shape index (κ3) is 4.08. The number of rotatable bonds is 5. The summed E-state index contributed by atoms with van der Waals surface area (Å²) in [5.74, 6) is 0. The predicted molar refractivity (Wildman–Crippen MR) is 75.9 cm³/mol. The molecular formula is C13H15F3N4O2S. The number of aromatic nitrogens is 3. The van der Waals surface area contributed by atoms with E-state index in [1.807, 2.05) is 6.92 Å². The number of nitrogens with one attached hydrogen (secondary N) is 1. The van der Waals surface area contributed by atoms with Crippen LogP contribution in [0.2, 0.25) is 0 Å². The monoisotopic (exact) mass is 348 g/mol. The second-order valence-corrected chi connectivity index (χ2v) is 6.60. The van der Waals surface area contributed by atoms with E-state index < -0.39 is 21.9 Å². The standard InChI is InChI=1S/C13H15F3N4O2S/c1-3-11-9(8-20(2)19-11)6-18-23(21,22)10-4-5-12(17-7-10)13(14,15)16/h4-5,7-8,18H,3,6H2,1-2H3. The largest absolute Gasteiger partial charge is 0.433 e. The molecule has 0 radical (unpaired) electrons. The second-order valence-electron chi connectivity index (χ2n) is 4.83. The normalized spacial score (nSPS) is 12.6. The fourth-order valence-electron chi connectivity index (χ4n) is 1.99. The molecule has 2 aromatic heterocycles. The van der Waals surface area contributed by atoms with Crippen molar-refractivity contribution in [3.05, 3.63) is 41.5 Å². The molecule has 23 heavy (non-hydrogen) atoms. The van der Waals surface area contributed by atoms with Crippen molar-refractivity contribution < 1.29 is 21.6 Å². The Morgan fingerprint density at radius 2 is 2.00 bits per heavy atom. The van der Waals surface area contributed by atoms with Crippen molar-refractivity contribution in [3.63, 3.8) is 0 Å². The van der Waals surface area contributed by atoms with Crippen molar-refractivity contribution in [1.82, 2.24) is 19.5 Å². The summed E-state index contributed by atoms with van der Waals surface area (Å²) < 4.78 is 65.4. The van der Waals surface area contributed by atoms with E-state index in [1.165, 1.54) is 0 Å². The quantitative estimate of drug-likeness (QED) is 0.895. The third-order valence-corrected chi connectivity index (χ3v) is 4.50. The van der Waals surface area contributed by atoms with Gasteiger partial charge in [-0.1, -0.05) is 6.92 Å². The fraction of sp³-hybridized carbons (Fsp3) is 0.385. The van der Waals surface area contributed by atoms with E-state index >= 15 is 0 Å². The maximum Gasteiger partial charge on any atom is 0.433 e. The van der Waals surface area contributed by atoms with E-state index in [1.54, 1.807) is 17.9 Å². The summed E-state index contributed by atoms with van der Waals surface area (Å²) in [7, 11) is -2.23. The number of alkyl halides is 3. The number of hydrogen-bond acceptors (Lipinski definition) is 4. The van der Waals surface area contributed by atoms with E-state index in [0.717, 1.165) is 11.8 Å². The molecule has 0 fully saturated rings. The van der Waals surface area contributed by atoms with Crippen LogP contribution >= 0.6 is 0 Å². The minimum absolute atomic E-state index is 0.000366. The summed E-state index contributed by atoms with van der Waals surface area (Å²) in [5, 5.41) is 4.19. The number of hydrogen-bond donors (Lipinski definition) is 1. The van der Waals surface area contributed by atoms with E-state index in [2.05, 4.69) is 14.8 Å². The Morgan fingerprint density at radius 3 is 2.52 bits per heavy atom. The Hall–Kier alpha value is -1.94. The predicted octanol–water partition coefficient (Wildman–Crippen LogP) is 1.87. The van der Waals surface area contributed by atoms with E-state index in [4.69, 9.17) is 0 Å². The van der Waals surface area contributed by atoms with Gasteiger partial charge < -0.3 is 0 Å². The molecule has 0 saturated carbocycles. The number of halogens is 3. The van der Waals surface area contributed by atoms with Crippen LogP contribution in [0, 0.1) is 0 Å². The van der Waals surface area contributed by atoms with Gasteiger partial charge in [0.05, 0.1) is 5.69 Å². The van der Waals surface area contributed by atoms with Gasteiger partial charge in [0.25, 0.3) is 0 Å². The molecule has 0 unspecified atom stereocenters. The Balaban J connectivity index is 2.15. The lowest BCUT2D eigenvalue weighted by Gasteiger charge is -2.08. The summed E-state index contributed by atoms with van der Waals surface area (Å²) in [6, 6.07) is 1.51. The van der Waals surface area contributed by atoms with Crippen molar-refractivity contribution in [3.8, 4) is 0 Å². The zero-order valence-electron chi connectivity index (χ0n) is 12.4. The molecule has 126 valence electrons. The first-order chi connectivity index (χ1) is 10.6. The Labute approximate surface area is 131 Å². The zero-order chi connectivity index (χ0) is 17.3. The molecule has 6 nitrogen and oxygen atoms in total. The van der Waals surface area contributed by atoms with Crippen LogP contribution in [0.3, 0.4) is 0 Å². The smallest absolute Gasteiger partial charge is 0.275 e. The van der Waals surface area contributed by atoms with Crippen LogP contribution in [0.1, 0.15) is 23.9 Å². The first-order valence-electron chi connectivity index (χ1n) is 6.68. The van der Waals surface area contributed by atoms with Crippen molar-refractivity contribution in [2.75, 3.05) is 0 Å². The van der Waals surface area contributed by atoms with Crippen molar-refractivity contribution in [1.29, 1.82) is 0 Å². The molecule has 0 aliphatic carbocycles. The van der Waals surface area contributed by atoms with Crippen LogP contribution < -0.4 is 4.72 Å². The summed E-state index contributed by atoms with van der Waals surface area (Å²) in [6.07, 6.45) is -1.59.